The highest BCUT2D eigenvalue weighted by Crippen LogP contribution is 2.26. The number of hydrogen-bond acceptors (Lipinski definition) is 2. The summed E-state index contributed by atoms with van der Waals surface area (Å²) in [4.78, 5) is 0. The van der Waals surface area contributed by atoms with Crippen LogP contribution in [0.5, 0.6) is 5.75 Å². The van der Waals surface area contributed by atoms with Crippen LogP contribution in [-0.4, -0.2) is 13.2 Å². The molecule has 0 aliphatic rings. The Balaban J connectivity index is 2.04. The Kier molecular flexibility index (Phi) is 4.56. The van der Waals surface area contributed by atoms with E-state index in [-0.39, 0.29) is 17.7 Å². The summed E-state index contributed by atoms with van der Waals surface area (Å²) in [5.74, 6) is -0.107. The third-order valence-corrected chi connectivity index (χ3v) is 3.02. The van der Waals surface area contributed by atoms with Gasteiger partial charge in [0.05, 0.1) is 12.8 Å². The summed E-state index contributed by atoms with van der Waals surface area (Å²) in [5, 5.41) is 3.27. The van der Waals surface area contributed by atoms with Crippen molar-refractivity contribution in [2.45, 2.75) is 19.4 Å². The van der Waals surface area contributed by atoms with E-state index in [4.69, 9.17) is 4.74 Å². The highest BCUT2D eigenvalue weighted by Gasteiger charge is 2.09. The Morgan fingerprint density at radius 2 is 1.70 bits per heavy atom. The minimum atomic E-state index is -0.335. The molecule has 2 aromatic carbocycles. The van der Waals surface area contributed by atoms with Gasteiger partial charge in [0, 0.05) is 12.1 Å². The van der Waals surface area contributed by atoms with E-state index in [1.54, 1.807) is 18.2 Å². The molecule has 20 heavy (non-hydrogen) atoms. The number of ether oxygens (including phenoxy) is 1. The van der Waals surface area contributed by atoms with Crippen LogP contribution in [0.25, 0.3) is 0 Å². The molecular weight excluding hydrogens is 260 g/mol. The highest BCUT2D eigenvalue weighted by atomic mass is 19.1. The van der Waals surface area contributed by atoms with Gasteiger partial charge in [0.1, 0.15) is 17.4 Å². The van der Waals surface area contributed by atoms with E-state index in [0.717, 1.165) is 17.7 Å². The normalized spacial score (nSPS) is 12.0. The molecule has 4 heteroatoms. The molecule has 0 aromatic heterocycles. The lowest BCUT2D eigenvalue weighted by Crippen LogP contribution is -2.18. The monoisotopic (exact) mass is 277 g/mol. The summed E-state index contributed by atoms with van der Waals surface area (Å²) >= 11 is 0. The lowest BCUT2D eigenvalue weighted by Gasteiger charge is -2.17. The lowest BCUT2D eigenvalue weighted by atomic mass is 10.1. The van der Waals surface area contributed by atoms with Crippen LogP contribution >= 0.6 is 0 Å². The average Bonchev–Trinajstić information content (AvgIpc) is 2.43. The minimum absolute atomic E-state index is 0.111. The Morgan fingerprint density at radius 1 is 1.05 bits per heavy atom. The van der Waals surface area contributed by atoms with Crippen LogP contribution in [0, 0.1) is 11.6 Å². The first kappa shape index (κ1) is 14.3. The molecule has 0 heterocycles. The van der Waals surface area contributed by atoms with Crippen molar-refractivity contribution in [1.29, 1.82) is 0 Å². The van der Waals surface area contributed by atoms with Gasteiger partial charge >= 0.3 is 0 Å². The van der Waals surface area contributed by atoms with Crippen LogP contribution in [0.15, 0.2) is 42.5 Å². The molecule has 2 rings (SSSR count). The van der Waals surface area contributed by atoms with Crippen LogP contribution in [0.4, 0.5) is 14.5 Å². The standard InChI is InChI=1S/C16H17F2NO/c1-11(9-12-3-5-13(17)6-4-12)19-15-8-7-14(18)10-16(15)20-2/h3-8,10-11,19H,9H2,1-2H3. The number of anilines is 1. The number of benzene rings is 2. The van der Waals surface area contributed by atoms with Gasteiger partial charge in [0.15, 0.2) is 0 Å². The van der Waals surface area contributed by atoms with Gasteiger partial charge in [-0.05, 0) is 43.2 Å². The van der Waals surface area contributed by atoms with Gasteiger partial charge in [0.25, 0.3) is 0 Å². The third kappa shape index (κ3) is 3.70. The fourth-order valence-electron chi connectivity index (χ4n) is 2.07. The zero-order valence-corrected chi connectivity index (χ0v) is 11.5. The Hall–Kier alpha value is -2.10. The summed E-state index contributed by atoms with van der Waals surface area (Å²) in [6.07, 6.45) is 0.737. The minimum Gasteiger partial charge on any atom is -0.494 e. The molecule has 1 unspecified atom stereocenters. The van der Waals surface area contributed by atoms with Crippen LogP contribution < -0.4 is 10.1 Å². The summed E-state index contributed by atoms with van der Waals surface area (Å²) in [7, 11) is 1.50. The molecule has 0 amide bonds. The molecule has 0 aliphatic heterocycles. The Labute approximate surface area is 117 Å². The quantitative estimate of drug-likeness (QED) is 0.891. The Morgan fingerprint density at radius 3 is 2.35 bits per heavy atom. The van der Waals surface area contributed by atoms with Crippen LogP contribution in [0.3, 0.4) is 0 Å². The topological polar surface area (TPSA) is 21.3 Å². The Bertz CT molecular complexity index is 569. The number of hydrogen-bond donors (Lipinski definition) is 1. The summed E-state index contributed by atoms with van der Waals surface area (Å²) in [6, 6.07) is 10.9. The van der Waals surface area contributed by atoms with Crippen molar-refractivity contribution < 1.29 is 13.5 Å². The zero-order chi connectivity index (χ0) is 14.5. The lowest BCUT2D eigenvalue weighted by molar-refractivity contribution is 0.412. The highest BCUT2D eigenvalue weighted by molar-refractivity contribution is 5.57. The molecule has 0 saturated carbocycles. The fraction of sp³-hybridized carbons (Fsp3) is 0.250. The number of methoxy groups -OCH3 is 1. The van der Waals surface area contributed by atoms with Crippen molar-refractivity contribution >= 4 is 5.69 Å². The van der Waals surface area contributed by atoms with Gasteiger partial charge in [-0.3, -0.25) is 0 Å². The molecule has 106 valence electrons. The van der Waals surface area contributed by atoms with Crippen molar-refractivity contribution in [2.75, 3.05) is 12.4 Å². The van der Waals surface area contributed by atoms with Crippen molar-refractivity contribution in [1.82, 2.24) is 0 Å². The van der Waals surface area contributed by atoms with E-state index >= 15 is 0 Å². The van der Waals surface area contributed by atoms with Crippen LogP contribution in [-0.2, 0) is 6.42 Å². The predicted octanol–water partition coefficient (Wildman–Crippen LogP) is 4.02. The number of rotatable bonds is 5. The smallest absolute Gasteiger partial charge is 0.144 e. The maximum absolute atomic E-state index is 13.1. The second-order valence-corrected chi connectivity index (χ2v) is 4.72. The molecule has 2 aromatic rings. The summed E-state index contributed by atoms with van der Waals surface area (Å²) < 4.78 is 31.1. The molecular formula is C16H17F2NO. The van der Waals surface area contributed by atoms with Gasteiger partial charge in [-0.2, -0.15) is 0 Å². The molecule has 0 aliphatic carbocycles. The van der Waals surface area contributed by atoms with Crippen molar-refractivity contribution in [3.63, 3.8) is 0 Å². The van der Waals surface area contributed by atoms with Gasteiger partial charge in [-0.1, -0.05) is 12.1 Å². The van der Waals surface area contributed by atoms with Gasteiger partial charge in [-0.15, -0.1) is 0 Å². The largest absolute Gasteiger partial charge is 0.494 e. The van der Waals surface area contributed by atoms with E-state index in [1.807, 2.05) is 6.92 Å². The zero-order valence-electron chi connectivity index (χ0n) is 11.5. The first-order chi connectivity index (χ1) is 9.58. The van der Waals surface area contributed by atoms with Gasteiger partial charge in [0.2, 0.25) is 0 Å². The maximum atomic E-state index is 13.1. The summed E-state index contributed by atoms with van der Waals surface area (Å²) in [6.45, 7) is 2.01. The SMILES string of the molecule is COc1cc(F)ccc1NC(C)Cc1ccc(F)cc1. The second kappa shape index (κ2) is 6.37. The molecule has 2 nitrogen and oxygen atoms in total. The van der Waals surface area contributed by atoms with Gasteiger partial charge in [-0.25, -0.2) is 8.78 Å². The van der Waals surface area contributed by atoms with Crippen molar-refractivity contribution in [3.8, 4) is 5.75 Å². The van der Waals surface area contributed by atoms with Crippen molar-refractivity contribution in [2.24, 2.45) is 0 Å². The van der Waals surface area contributed by atoms with E-state index in [0.29, 0.717) is 5.75 Å². The van der Waals surface area contributed by atoms with Crippen molar-refractivity contribution in [3.05, 3.63) is 59.7 Å². The fourth-order valence-corrected chi connectivity index (χ4v) is 2.07. The molecule has 1 N–H and O–H groups in total. The summed E-state index contributed by atoms with van der Waals surface area (Å²) in [5.41, 5.74) is 1.77. The molecule has 0 radical (unpaired) electrons. The molecule has 0 fully saturated rings. The predicted molar refractivity (Wildman–Crippen MR) is 76.1 cm³/mol. The molecule has 0 spiro atoms. The second-order valence-electron chi connectivity index (χ2n) is 4.72. The number of halogens is 2. The van der Waals surface area contributed by atoms with E-state index in [2.05, 4.69) is 5.32 Å². The van der Waals surface area contributed by atoms with E-state index < -0.39 is 0 Å². The molecule has 1 atom stereocenters. The molecule has 0 saturated heterocycles. The maximum Gasteiger partial charge on any atom is 0.144 e. The molecule has 0 bridgehead atoms. The number of nitrogens with one attached hydrogen (secondary N) is 1. The average molecular weight is 277 g/mol. The van der Waals surface area contributed by atoms with E-state index in [1.165, 1.54) is 31.4 Å². The third-order valence-electron chi connectivity index (χ3n) is 3.02. The van der Waals surface area contributed by atoms with Gasteiger partial charge < -0.3 is 10.1 Å². The first-order valence-electron chi connectivity index (χ1n) is 6.43. The first-order valence-corrected chi connectivity index (χ1v) is 6.43. The van der Waals surface area contributed by atoms with Crippen LogP contribution in [0.2, 0.25) is 0 Å². The van der Waals surface area contributed by atoms with E-state index in [9.17, 15) is 8.78 Å². The van der Waals surface area contributed by atoms with Crippen LogP contribution in [0.1, 0.15) is 12.5 Å².